The Hall–Kier alpha value is -0.740. The fourth-order valence-corrected chi connectivity index (χ4v) is 4.85. The van der Waals surface area contributed by atoms with Crippen LogP contribution in [0.3, 0.4) is 0 Å². The van der Waals surface area contributed by atoms with Gasteiger partial charge in [0.15, 0.2) is 0 Å². The van der Waals surface area contributed by atoms with Gasteiger partial charge in [0, 0.05) is 25.2 Å². The zero-order valence-electron chi connectivity index (χ0n) is 13.4. The fraction of sp³-hybridized carbons (Fsp3) is 0.667. The molecule has 9 heteroatoms. The second-order valence-corrected chi connectivity index (χ2v) is 8.46. The Morgan fingerprint density at radius 1 is 1.21 bits per heavy atom. The van der Waals surface area contributed by atoms with Gasteiger partial charge in [0.05, 0.1) is 13.2 Å². The molecule has 0 amide bonds. The highest BCUT2D eigenvalue weighted by Gasteiger charge is 2.28. The minimum absolute atomic E-state index is 0.0362. The SMILES string of the molecule is NS(=O)(=O)c1ccc(O[C@H]2CC[C@H](N3CCOCC3)CC2)nc1Br. The van der Waals surface area contributed by atoms with Crippen LogP contribution in [-0.4, -0.2) is 56.8 Å². The molecule has 1 aromatic heterocycles. The van der Waals surface area contributed by atoms with Crippen LogP contribution in [0.5, 0.6) is 5.88 Å². The van der Waals surface area contributed by atoms with Crippen LogP contribution in [0.1, 0.15) is 25.7 Å². The van der Waals surface area contributed by atoms with Gasteiger partial charge in [-0.05, 0) is 47.7 Å². The van der Waals surface area contributed by atoms with E-state index in [0.29, 0.717) is 11.9 Å². The Kier molecular flexibility index (Phi) is 5.76. The lowest BCUT2D eigenvalue weighted by Crippen LogP contribution is -2.46. The van der Waals surface area contributed by atoms with E-state index in [0.717, 1.165) is 52.0 Å². The zero-order valence-corrected chi connectivity index (χ0v) is 15.8. The first kappa shape index (κ1) is 18.1. The number of primary sulfonamides is 1. The molecule has 1 aliphatic heterocycles. The average Bonchev–Trinajstić information content (AvgIpc) is 2.55. The molecule has 1 saturated carbocycles. The highest BCUT2D eigenvalue weighted by molar-refractivity contribution is 9.10. The first-order chi connectivity index (χ1) is 11.4. The van der Waals surface area contributed by atoms with E-state index in [2.05, 4.69) is 25.8 Å². The molecule has 1 saturated heterocycles. The van der Waals surface area contributed by atoms with Gasteiger partial charge < -0.3 is 9.47 Å². The summed E-state index contributed by atoms with van der Waals surface area (Å²) in [4.78, 5) is 6.62. The van der Waals surface area contributed by atoms with E-state index < -0.39 is 10.0 Å². The third-order valence-corrected chi connectivity index (χ3v) is 6.40. The molecule has 134 valence electrons. The van der Waals surface area contributed by atoms with E-state index in [4.69, 9.17) is 14.6 Å². The molecule has 0 bridgehead atoms. The molecular weight excluding hydrogens is 398 g/mol. The van der Waals surface area contributed by atoms with Gasteiger partial charge >= 0.3 is 0 Å². The van der Waals surface area contributed by atoms with E-state index in [9.17, 15) is 8.42 Å². The van der Waals surface area contributed by atoms with Gasteiger partial charge in [-0.3, -0.25) is 4.90 Å². The molecule has 0 aromatic carbocycles. The molecule has 0 unspecified atom stereocenters. The third kappa shape index (κ3) is 4.45. The highest BCUT2D eigenvalue weighted by Crippen LogP contribution is 2.28. The van der Waals surface area contributed by atoms with Gasteiger partial charge in [-0.25, -0.2) is 18.5 Å². The van der Waals surface area contributed by atoms with Gasteiger partial charge in [0.2, 0.25) is 15.9 Å². The van der Waals surface area contributed by atoms with Crippen molar-refractivity contribution in [2.24, 2.45) is 5.14 Å². The third-order valence-electron chi connectivity index (χ3n) is 4.59. The molecule has 2 fully saturated rings. The number of hydrogen-bond donors (Lipinski definition) is 1. The number of aromatic nitrogens is 1. The minimum atomic E-state index is -3.78. The smallest absolute Gasteiger partial charge is 0.240 e. The Labute approximate surface area is 150 Å². The second-order valence-electron chi connectivity index (χ2n) is 6.18. The van der Waals surface area contributed by atoms with E-state index in [-0.39, 0.29) is 15.6 Å². The van der Waals surface area contributed by atoms with Crippen LogP contribution in [0.25, 0.3) is 0 Å². The molecule has 3 rings (SSSR count). The molecule has 1 aromatic rings. The first-order valence-corrected chi connectivity index (χ1v) is 10.5. The monoisotopic (exact) mass is 419 g/mol. The summed E-state index contributed by atoms with van der Waals surface area (Å²) in [6, 6.07) is 3.58. The summed E-state index contributed by atoms with van der Waals surface area (Å²) < 4.78 is 34.3. The summed E-state index contributed by atoms with van der Waals surface area (Å²) in [7, 11) is -3.78. The Morgan fingerprint density at radius 3 is 2.46 bits per heavy atom. The average molecular weight is 420 g/mol. The molecule has 2 N–H and O–H groups in total. The van der Waals surface area contributed by atoms with Crippen molar-refractivity contribution in [3.8, 4) is 5.88 Å². The Balaban J connectivity index is 1.55. The standard InChI is InChI=1S/C15H22BrN3O4S/c16-15-13(24(17,20)21)5-6-14(18-15)23-12-3-1-11(2-4-12)19-7-9-22-10-8-19/h5-6,11-12H,1-4,7-10H2,(H2,17,20,21)/t11-,12-. The van der Waals surface area contributed by atoms with Crippen molar-refractivity contribution in [2.45, 2.75) is 42.7 Å². The van der Waals surface area contributed by atoms with Crippen LogP contribution in [-0.2, 0) is 14.8 Å². The number of rotatable bonds is 4. The Bertz CT molecular complexity index is 671. The number of sulfonamides is 1. The maximum absolute atomic E-state index is 11.4. The van der Waals surface area contributed by atoms with E-state index in [1.807, 2.05) is 0 Å². The fourth-order valence-electron chi connectivity index (χ4n) is 3.32. The number of nitrogens with two attached hydrogens (primary N) is 1. The lowest BCUT2D eigenvalue weighted by atomic mass is 9.91. The molecule has 0 spiro atoms. The van der Waals surface area contributed by atoms with E-state index in [1.165, 1.54) is 6.07 Å². The van der Waals surface area contributed by atoms with Gasteiger partial charge in [0.25, 0.3) is 0 Å². The van der Waals surface area contributed by atoms with Crippen LogP contribution < -0.4 is 9.88 Å². The molecule has 1 aliphatic carbocycles. The van der Waals surface area contributed by atoms with Gasteiger partial charge in [0.1, 0.15) is 15.6 Å². The van der Waals surface area contributed by atoms with Crippen molar-refractivity contribution in [3.05, 3.63) is 16.7 Å². The number of nitrogens with zero attached hydrogens (tertiary/aromatic N) is 2. The number of ether oxygens (including phenoxy) is 2. The first-order valence-electron chi connectivity index (χ1n) is 8.11. The predicted octanol–water partition coefficient (Wildman–Crippen LogP) is 1.51. The van der Waals surface area contributed by atoms with Crippen molar-refractivity contribution in [1.82, 2.24) is 9.88 Å². The van der Waals surface area contributed by atoms with Crippen LogP contribution >= 0.6 is 15.9 Å². The summed E-state index contributed by atoms with van der Waals surface area (Å²) in [6.07, 6.45) is 4.25. The number of pyridine rings is 1. The maximum Gasteiger partial charge on any atom is 0.240 e. The lowest BCUT2D eigenvalue weighted by Gasteiger charge is -2.38. The molecule has 0 radical (unpaired) electrons. The summed E-state index contributed by atoms with van der Waals surface area (Å²) in [5, 5.41) is 5.13. The molecule has 2 aliphatic rings. The quantitative estimate of drug-likeness (QED) is 0.743. The number of morpholine rings is 1. The van der Waals surface area contributed by atoms with Crippen molar-refractivity contribution >= 4 is 26.0 Å². The van der Waals surface area contributed by atoms with Crippen LogP contribution in [0.2, 0.25) is 0 Å². The van der Waals surface area contributed by atoms with E-state index >= 15 is 0 Å². The zero-order chi connectivity index (χ0) is 17.2. The second kappa shape index (κ2) is 7.65. The van der Waals surface area contributed by atoms with Gasteiger partial charge in [-0.1, -0.05) is 0 Å². The summed E-state index contributed by atoms with van der Waals surface area (Å²) in [5.74, 6) is 0.420. The van der Waals surface area contributed by atoms with E-state index in [1.54, 1.807) is 6.07 Å². The normalized spacial score (nSPS) is 26.2. The number of halogens is 1. The van der Waals surface area contributed by atoms with Crippen LogP contribution in [0, 0.1) is 0 Å². The minimum Gasteiger partial charge on any atom is -0.474 e. The molecular formula is C15H22BrN3O4S. The number of hydrogen-bond acceptors (Lipinski definition) is 6. The maximum atomic E-state index is 11.4. The van der Waals surface area contributed by atoms with Gasteiger partial charge in [-0.15, -0.1) is 0 Å². The summed E-state index contributed by atoms with van der Waals surface area (Å²) >= 11 is 3.14. The van der Waals surface area contributed by atoms with Crippen molar-refractivity contribution < 1.29 is 17.9 Å². The van der Waals surface area contributed by atoms with Crippen molar-refractivity contribution in [3.63, 3.8) is 0 Å². The molecule has 24 heavy (non-hydrogen) atoms. The van der Waals surface area contributed by atoms with Crippen molar-refractivity contribution in [1.29, 1.82) is 0 Å². The van der Waals surface area contributed by atoms with Crippen LogP contribution in [0.15, 0.2) is 21.6 Å². The molecule has 0 atom stereocenters. The highest BCUT2D eigenvalue weighted by atomic mass is 79.9. The largest absolute Gasteiger partial charge is 0.474 e. The predicted molar refractivity (Wildman–Crippen MR) is 92.4 cm³/mol. The topological polar surface area (TPSA) is 94.8 Å². The molecule has 2 heterocycles. The summed E-state index contributed by atoms with van der Waals surface area (Å²) in [6.45, 7) is 3.68. The molecule has 7 nitrogen and oxygen atoms in total. The van der Waals surface area contributed by atoms with Gasteiger partial charge in [-0.2, -0.15) is 0 Å². The Morgan fingerprint density at radius 2 is 1.88 bits per heavy atom. The van der Waals surface area contributed by atoms with Crippen LogP contribution in [0.4, 0.5) is 0 Å². The lowest BCUT2D eigenvalue weighted by molar-refractivity contribution is -0.00140. The summed E-state index contributed by atoms with van der Waals surface area (Å²) in [5.41, 5.74) is 0. The van der Waals surface area contributed by atoms with Crippen molar-refractivity contribution in [2.75, 3.05) is 26.3 Å².